The van der Waals surface area contributed by atoms with Gasteiger partial charge in [0.1, 0.15) is 0 Å². The third kappa shape index (κ3) is 3.21. The number of carboxylic acids is 1. The van der Waals surface area contributed by atoms with E-state index in [-0.39, 0.29) is 17.0 Å². The summed E-state index contributed by atoms with van der Waals surface area (Å²) in [4.78, 5) is 23.2. The number of nitrogens with zero attached hydrogens (tertiary/aromatic N) is 1. The van der Waals surface area contributed by atoms with Gasteiger partial charge in [-0.1, -0.05) is 12.1 Å². The minimum absolute atomic E-state index is 0.0629. The number of benzene rings is 2. The number of aromatic carboxylic acids is 1. The van der Waals surface area contributed by atoms with Gasteiger partial charge in [-0.05, 0) is 36.4 Å². The summed E-state index contributed by atoms with van der Waals surface area (Å²) in [6.07, 6.45) is 0. The molecule has 0 aromatic heterocycles. The fourth-order valence-corrected chi connectivity index (χ4v) is 1.84. The lowest BCUT2D eigenvalue weighted by Crippen LogP contribution is -2.16. The molecule has 0 radical (unpaired) electrons. The van der Waals surface area contributed by atoms with Gasteiger partial charge in [0, 0.05) is 11.3 Å². The van der Waals surface area contributed by atoms with Crippen LogP contribution in [0.3, 0.4) is 0 Å². The molecule has 0 atom stereocenters. The van der Waals surface area contributed by atoms with E-state index in [1.807, 2.05) is 0 Å². The van der Waals surface area contributed by atoms with E-state index in [0.717, 1.165) is 0 Å². The van der Waals surface area contributed by atoms with E-state index in [4.69, 9.17) is 16.0 Å². The fourth-order valence-electron chi connectivity index (χ4n) is 1.84. The van der Waals surface area contributed by atoms with Crippen LogP contribution in [0, 0.1) is 10.9 Å². The molecule has 110 valence electrons. The SMILES string of the molecule is N=NC(=N)c1ccc(NC(=O)c2ccccc2C(=O)O)cc1. The molecule has 0 heterocycles. The first kappa shape index (κ1) is 15.0. The quantitative estimate of drug-likeness (QED) is 0.393. The number of anilines is 1. The van der Waals surface area contributed by atoms with E-state index in [1.165, 1.54) is 12.1 Å². The van der Waals surface area contributed by atoms with Crippen LogP contribution in [0.4, 0.5) is 5.69 Å². The Morgan fingerprint density at radius 1 is 1.00 bits per heavy atom. The Bertz CT molecular complexity index is 754. The van der Waals surface area contributed by atoms with Gasteiger partial charge in [0.2, 0.25) is 0 Å². The van der Waals surface area contributed by atoms with Crippen molar-refractivity contribution in [3.05, 3.63) is 65.2 Å². The van der Waals surface area contributed by atoms with Crippen molar-refractivity contribution in [2.75, 3.05) is 5.32 Å². The van der Waals surface area contributed by atoms with E-state index < -0.39 is 11.9 Å². The number of amides is 1. The molecule has 7 heteroatoms. The van der Waals surface area contributed by atoms with Crippen molar-refractivity contribution in [1.29, 1.82) is 10.9 Å². The molecule has 0 aliphatic heterocycles. The molecular formula is C15H12N4O3. The van der Waals surface area contributed by atoms with Crippen LogP contribution in [0.15, 0.2) is 53.6 Å². The molecule has 0 unspecified atom stereocenters. The van der Waals surface area contributed by atoms with Crippen molar-refractivity contribution in [3.8, 4) is 0 Å². The topological polar surface area (TPSA) is 126 Å². The molecule has 2 aromatic carbocycles. The van der Waals surface area contributed by atoms with Gasteiger partial charge in [0.05, 0.1) is 11.1 Å². The molecular weight excluding hydrogens is 284 g/mol. The Labute approximate surface area is 125 Å². The third-order valence-electron chi connectivity index (χ3n) is 2.93. The van der Waals surface area contributed by atoms with E-state index in [0.29, 0.717) is 11.3 Å². The second-order valence-corrected chi connectivity index (χ2v) is 4.34. The van der Waals surface area contributed by atoms with Crippen LogP contribution in [0.1, 0.15) is 26.3 Å². The zero-order valence-electron chi connectivity index (χ0n) is 11.3. The second kappa shape index (κ2) is 6.40. The molecule has 0 fully saturated rings. The van der Waals surface area contributed by atoms with Gasteiger partial charge < -0.3 is 10.4 Å². The summed E-state index contributed by atoms with van der Waals surface area (Å²) in [5, 5.41) is 22.1. The maximum absolute atomic E-state index is 12.1. The van der Waals surface area contributed by atoms with Crippen molar-refractivity contribution in [1.82, 2.24) is 0 Å². The van der Waals surface area contributed by atoms with Gasteiger partial charge in [-0.3, -0.25) is 10.2 Å². The maximum Gasteiger partial charge on any atom is 0.336 e. The summed E-state index contributed by atoms with van der Waals surface area (Å²) < 4.78 is 0. The molecule has 1 amide bonds. The molecule has 0 aliphatic carbocycles. The number of hydrogen-bond acceptors (Lipinski definition) is 4. The number of carboxylic acid groups (broad SMARTS) is 1. The monoisotopic (exact) mass is 296 g/mol. The Kier molecular flexibility index (Phi) is 4.38. The summed E-state index contributed by atoms with van der Waals surface area (Å²) in [5.41, 5.74) is 7.64. The highest BCUT2D eigenvalue weighted by atomic mass is 16.4. The first-order valence-electron chi connectivity index (χ1n) is 6.23. The van der Waals surface area contributed by atoms with Crippen LogP contribution >= 0.6 is 0 Å². The molecule has 0 saturated heterocycles. The minimum Gasteiger partial charge on any atom is -0.478 e. The van der Waals surface area contributed by atoms with Gasteiger partial charge in [-0.2, -0.15) is 0 Å². The van der Waals surface area contributed by atoms with Crippen molar-refractivity contribution >= 4 is 23.4 Å². The van der Waals surface area contributed by atoms with Crippen molar-refractivity contribution in [3.63, 3.8) is 0 Å². The standard InChI is InChI=1S/C15H12N4O3/c16-13(19-17)9-5-7-10(8-6-9)18-14(20)11-3-1-2-4-12(11)15(21)22/h1-8,16-17H,(H,18,20)(H,21,22). The smallest absolute Gasteiger partial charge is 0.336 e. The lowest BCUT2D eigenvalue weighted by Gasteiger charge is -2.08. The van der Waals surface area contributed by atoms with Gasteiger partial charge >= 0.3 is 5.97 Å². The van der Waals surface area contributed by atoms with Crippen molar-refractivity contribution in [2.24, 2.45) is 5.11 Å². The number of nitrogens with one attached hydrogen (secondary N) is 3. The Hall–Kier alpha value is -3.35. The Balaban J connectivity index is 2.21. The minimum atomic E-state index is -1.17. The summed E-state index contributed by atoms with van der Waals surface area (Å²) in [6, 6.07) is 12.1. The summed E-state index contributed by atoms with van der Waals surface area (Å²) in [7, 11) is 0. The summed E-state index contributed by atoms with van der Waals surface area (Å²) in [6.45, 7) is 0. The Morgan fingerprint density at radius 3 is 2.14 bits per heavy atom. The predicted octanol–water partition coefficient (Wildman–Crippen LogP) is 2.99. The average Bonchev–Trinajstić information content (AvgIpc) is 2.54. The van der Waals surface area contributed by atoms with Crippen molar-refractivity contribution < 1.29 is 14.7 Å². The van der Waals surface area contributed by atoms with Gasteiger partial charge in [-0.25, -0.2) is 10.3 Å². The molecule has 0 bridgehead atoms. The number of carbonyl (C=O) groups is 2. The highest BCUT2D eigenvalue weighted by Gasteiger charge is 2.15. The molecule has 7 nitrogen and oxygen atoms in total. The van der Waals surface area contributed by atoms with E-state index in [9.17, 15) is 9.59 Å². The van der Waals surface area contributed by atoms with Crippen LogP contribution in [0.2, 0.25) is 0 Å². The van der Waals surface area contributed by atoms with Crippen LogP contribution < -0.4 is 5.32 Å². The highest BCUT2D eigenvalue weighted by Crippen LogP contribution is 2.14. The molecule has 0 aliphatic rings. The predicted molar refractivity (Wildman–Crippen MR) is 79.8 cm³/mol. The largest absolute Gasteiger partial charge is 0.478 e. The third-order valence-corrected chi connectivity index (χ3v) is 2.93. The van der Waals surface area contributed by atoms with Crippen LogP contribution in [-0.4, -0.2) is 22.8 Å². The van der Waals surface area contributed by atoms with Crippen LogP contribution in [-0.2, 0) is 0 Å². The first-order valence-corrected chi connectivity index (χ1v) is 6.23. The molecule has 2 rings (SSSR count). The van der Waals surface area contributed by atoms with E-state index in [1.54, 1.807) is 36.4 Å². The summed E-state index contributed by atoms with van der Waals surface area (Å²) in [5.74, 6) is -1.90. The summed E-state index contributed by atoms with van der Waals surface area (Å²) >= 11 is 0. The zero-order chi connectivity index (χ0) is 16.1. The van der Waals surface area contributed by atoms with Crippen LogP contribution in [0.5, 0.6) is 0 Å². The lowest BCUT2D eigenvalue weighted by molar-refractivity contribution is 0.0692. The number of carbonyl (C=O) groups excluding carboxylic acids is 1. The fraction of sp³-hybridized carbons (Fsp3) is 0. The zero-order valence-corrected chi connectivity index (χ0v) is 11.3. The lowest BCUT2D eigenvalue weighted by atomic mass is 10.1. The Morgan fingerprint density at radius 2 is 1.59 bits per heavy atom. The number of rotatable bonds is 4. The van der Waals surface area contributed by atoms with Crippen molar-refractivity contribution in [2.45, 2.75) is 0 Å². The van der Waals surface area contributed by atoms with Gasteiger partial charge in [-0.15, -0.1) is 5.11 Å². The van der Waals surface area contributed by atoms with Gasteiger partial charge in [0.15, 0.2) is 5.84 Å². The first-order chi connectivity index (χ1) is 10.5. The molecule has 0 spiro atoms. The molecule has 22 heavy (non-hydrogen) atoms. The van der Waals surface area contributed by atoms with E-state index >= 15 is 0 Å². The number of amidine groups is 1. The maximum atomic E-state index is 12.1. The molecule has 4 N–H and O–H groups in total. The highest BCUT2D eigenvalue weighted by molar-refractivity contribution is 6.10. The average molecular weight is 296 g/mol. The van der Waals surface area contributed by atoms with E-state index in [2.05, 4.69) is 10.4 Å². The number of hydrogen-bond donors (Lipinski definition) is 4. The van der Waals surface area contributed by atoms with Gasteiger partial charge in [0.25, 0.3) is 5.91 Å². The normalized spacial score (nSPS) is 9.82. The molecule has 2 aromatic rings. The second-order valence-electron chi connectivity index (χ2n) is 4.34. The molecule has 0 saturated carbocycles. The van der Waals surface area contributed by atoms with Crippen LogP contribution in [0.25, 0.3) is 0 Å².